The number of hydrogen-bond acceptors (Lipinski definition) is 2. The molecule has 0 saturated carbocycles. The summed E-state index contributed by atoms with van der Waals surface area (Å²) in [6.45, 7) is 0.454. The molecule has 0 bridgehead atoms. The number of thiophene rings is 1. The van der Waals surface area contributed by atoms with E-state index >= 15 is 0 Å². The predicted molar refractivity (Wildman–Crippen MR) is 85.2 cm³/mol. The lowest BCUT2D eigenvalue weighted by molar-refractivity contribution is 0.306. The number of hydrogen-bond donors (Lipinski definition) is 0. The first-order valence-corrected chi connectivity index (χ1v) is 8.20. The Hall–Kier alpha value is -1.39. The molecule has 4 heteroatoms. The van der Waals surface area contributed by atoms with Gasteiger partial charge in [-0.25, -0.2) is 4.39 Å². The van der Waals surface area contributed by atoms with Crippen molar-refractivity contribution in [2.75, 3.05) is 0 Å². The first-order chi connectivity index (χ1) is 9.76. The molecule has 0 saturated heterocycles. The Balaban J connectivity index is 1.81. The molecule has 0 atom stereocenters. The first-order valence-electron chi connectivity index (χ1n) is 6.19. The van der Waals surface area contributed by atoms with Crippen molar-refractivity contribution in [2.45, 2.75) is 11.9 Å². The lowest BCUT2D eigenvalue weighted by Gasteiger charge is -2.07. The standard InChI is InChI=1S/C16H12BrFOS/c17-8-11-5-13(18)7-14(6-11)19-9-12-10-20-16-4-2-1-3-15(12)16/h1-7,10H,8-9H2. The van der Waals surface area contributed by atoms with Crippen molar-refractivity contribution in [3.63, 3.8) is 0 Å². The summed E-state index contributed by atoms with van der Waals surface area (Å²) >= 11 is 5.03. The van der Waals surface area contributed by atoms with Crippen LogP contribution in [-0.2, 0) is 11.9 Å². The van der Waals surface area contributed by atoms with E-state index in [0.717, 1.165) is 11.1 Å². The van der Waals surface area contributed by atoms with Crippen LogP contribution in [0.4, 0.5) is 4.39 Å². The van der Waals surface area contributed by atoms with Gasteiger partial charge in [-0.15, -0.1) is 11.3 Å². The zero-order valence-corrected chi connectivity index (χ0v) is 13.0. The van der Waals surface area contributed by atoms with Gasteiger partial charge in [0.05, 0.1) is 0 Å². The van der Waals surface area contributed by atoms with Gasteiger partial charge in [-0.3, -0.25) is 0 Å². The molecular weight excluding hydrogens is 339 g/mol. The molecule has 1 aromatic heterocycles. The maximum atomic E-state index is 13.4. The van der Waals surface area contributed by atoms with E-state index in [4.69, 9.17) is 4.74 Å². The molecule has 1 nitrogen and oxygen atoms in total. The Morgan fingerprint density at radius 3 is 2.85 bits per heavy atom. The van der Waals surface area contributed by atoms with Crippen LogP contribution in [0, 0.1) is 5.82 Å². The van der Waals surface area contributed by atoms with E-state index in [-0.39, 0.29) is 5.82 Å². The van der Waals surface area contributed by atoms with Gasteiger partial charge in [-0.2, -0.15) is 0 Å². The fraction of sp³-hybridized carbons (Fsp3) is 0.125. The molecule has 3 rings (SSSR count). The highest BCUT2D eigenvalue weighted by Crippen LogP contribution is 2.27. The lowest BCUT2D eigenvalue weighted by Crippen LogP contribution is -1.96. The molecule has 0 N–H and O–H groups in total. The number of rotatable bonds is 4. The Morgan fingerprint density at radius 1 is 1.15 bits per heavy atom. The molecule has 0 radical (unpaired) electrons. The summed E-state index contributed by atoms with van der Waals surface area (Å²) in [6.07, 6.45) is 0. The number of fused-ring (bicyclic) bond motifs is 1. The second kappa shape index (κ2) is 5.94. The van der Waals surface area contributed by atoms with Crippen molar-refractivity contribution >= 4 is 37.4 Å². The number of ether oxygens (including phenoxy) is 1. The van der Waals surface area contributed by atoms with Crippen LogP contribution in [0.3, 0.4) is 0 Å². The Kier molecular flexibility index (Phi) is 4.03. The highest BCUT2D eigenvalue weighted by molar-refractivity contribution is 9.08. The topological polar surface area (TPSA) is 9.23 Å². The largest absolute Gasteiger partial charge is 0.489 e. The molecule has 0 aliphatic rings. The third-order valence-electron chi connectivity index (χ3n) is 3.04. The van der Waals surface area contributed by atoms with Crippen molar-refractivity contribution in [2.24, 2.45) is 0 Å². The summed E-state index contributed by atoms with van der Waals surface area (Å²) in [5.41, 5.74) is 2.01. The first kappa shape index (κ1) is 13.6. The van der Waals surface area contributed by atoms with Crippen LogP contribution >= 0.6 is 27.3 Å². The second-order valence-electron chi connectivity index (χ2n) is 4.47. The third-order valence-corrected chi connectivity index (χ3v) is 4.70. The molecule has 0 aliphatic heterocycles. The smallest absolute Gasteiger partial charge is 0.127 e. The molecule has 1 heterocycles. The molecular formula is C16H12BrFOS. The molecule has 3 aromatic rings. The Bertz CT molecular complexity index is 738. The SMILES string of the molecule is Fc1cc(CBr)cc(OCc2csc3ccccc23)c1. The monoisotopic (exact) mass is 350 g/mol. The summed E-state index contributed by atoms with van der Waals surface area (Å²) < 4.78 is 20.4. The summed E-state index contributed by atoms with van der Waals surface area (Å²) in [6, 6.07) is 13.0. The molecule has 0 aliphatic carbocycles. The van der Waals surface area contributed by atoms with E-state index < -0.39 is 0 Å². The minimum atomic E-state index is -0.271. The van der Waals surface area contributed by atoms with Gasteiger partial charge >= 0.3 is 0 Å². The third kappa shape index (κ3) is 2.86. The fourth-order valence-electron chi connectivity index (χ4n) is 2.09. The zero-order chi connectivity index (χ0) is 13.9. The van der Waals surface area contributed by atoms with Gasteiger partial charge in [-0.1, -0.05) is 34.1 Å². The fourth-order valence-corrected chi connectivity index (χ4v) is 3.36. The number of halogens is 2. The van der Waals surface area contributed by atoms with Gasteiger partial charge in [0.1, 0.15) is 18.2 Å². The Morgan fingerprint density at radius 2 is 2.00 bits per heavy atom. The van der Waals surface area contributed by atoms with E-state index in [0.29, 0.717) is 17.7 Å². The van der Waals surface area contributed by atoms with Crippen molar-refractivity contribution < 1.29 is 9.13 Å². The Labute approximate surface area is 129 Å². The number of benzene rings is 2. The van der Waals surface area contributed by atoms with Crippen LogP contribution in [0.25, 0.3) is 10.1 Å². The van der Waals surface area contributed by atoms with Crippen molar-refractivity contribution in [1.82, 2.24) is 0 Å². The van der Waals surface area contributed by atoms with Crippen LogP contribution in [0.2, 0.25) is 0 Å². The van der Waals surface area contributed by atoms with Crippen molar-refractivity contribution in [3.8, 4) is 5.75 Å². The number of alkyl halides is 1. The summed E-state index contributed by atoms with van der Waals surface area (Å²) in [5.74, 6) is 0.293. The lowest BCUT2D eigenvalue weighted by atomic mass is 10.2. The maximum absolute atomic E-state index is 13.4. The molecule has 0 unspecified atom stereocenters. The molecule has 20 heavy (non-hydrogen) atoms. The maximum Gasteiger partial charge on any atom is 0.127 e. The minimum absolute atomic E-state index is 0.271. The van der Waals surface area contributed by atoms with Crippen LogP contribution < -0.4 is 4.74 Å². The van der Waals surface area contributed by atoms with Crippen LogP contribution in [0.15, 0.2) is 47.8 Å². The molecule has 102 valence electrons. The normalized spacial score (nSPS) is 10.9. The van der Waals surface area contributed by atoms with Crippen molar-refractivity contribution in [3.05, 3.63) is 64.8 Å². The van der Waals surface area contributed by atoms with E-state index in [9.17, 15) is 4.39 Å². The zero-order valence-electron chi connectivity index (χ0n) is 10.6. The predicted octanol–water partition coefficient (Wildman–Crippen LogP) is 5.51. The van der Waals surface area contributed by atoms with Crippen LogP contribution in [0.1, 0.15) is 11.1 Å². The molecule has 0 spiro atoms. The highest BCUT2D eigenvalue weighted by Gasteiger charge is 2.06. The molecule has 0 fully saturated rings. The van der Waals surface area contributed by atoms with Crippen LogP contribution in [0.5, 0.6) is 5.75 Å². The van der Waals surface area contributed by atoms with Gasteiger partial charge in [0.15, 0.2) is 0 Å². The van der Waals surface area contributed by atoms with Gasteiger partial charge in [0, 0.05) is 21.7 Å². The molecule has 0 amide bonds. The summed E-state index contributed by atoms with van der Waals surface area (Å²) in [4.78, 5) is 0. The van der Waals surface area contributed by atoms with E-state index in [1.807, 2.05) is 18.2 Å². The average Bonchev–Trinajstić information content (AvgIpc) is 2.88. The van der Waals surface area contributed by atoms with E-state index in [1.54, 1.807) is 11.3 Å². The van der Waals surface area contributed by atoms with E-state index in [1.165, 1.54) is 22.2 Å². The highest BCUT2D eigenvalue weighted by atomic mass is 79.9. The quantitative estimate of drug-likeness (QED) is 0.563. The van der Waals surface area contributed by atoms with E-state index in [2.05, 4.69) is 33.4 Å². The summed E-state index contributed by atoms with van der Waals surface area (Å²) in [7, 11) is 0. The average molecular weight is 351 g/mol. The van der Waals surface area contributed by atoms with Gasteiger partial charge in [0.2, 0.25) is 0 Å². The van der Waals surface area contributed by atoms with Crippen molar-refractivity contribution in [1.29, 1.82) is 0 Å². The van der Waals surface area contributed by atoms with Crippen LogP contribution in [-0.4, -0.2) is 0 Å². The van der Waals surface area contributed by atoms with Gasteiger partial charge < -0.3 is 4.74 Å². The summed E-state index contributed by atoms with van der Waals surface area (Å²) in [5, 5.41) is 3.91. The molecule has 2 aromatic carbocycles. The van der Waals surface area contributed by atoms with Gasteiger partial charge in [0.25, 0.3) is 0 Å². The second-order valence-corrected chi connectivity index (χ2v) is 5.95. The van der Waals surface area contributed by atoms with Gasteiger partial charge in [-0.05, 0) is 34.5 Å². The minimum Gasteiger partial charge on any atom is -0.489 e.